The molecule has 0 bridgehead atoms. The van der Waals surface area contributed by atoms with E-state index in [1.807, 2.05) is 6.92 Å². The van der Waals surface area contributed by atoms with Gasteiger partial charge in [0, 0.05) is 12.6 Å². The first-order chi connectivity index (χ1) is 12.8. The molecule has 0 radical (unpaired) electrons. The van der Waals surface area contributed by atoms with Crippen LogP contribution >= 0.6 is 12.4 Å². The Kier molecular flexibility index (Phi) is 7.47. The molecule has 1 aliphatic carbocycles. The number of carbonyl (C=O) groups is 1. The van der Waals surface area contributed by atoms with E-state index in [1.54, 1.807) is 4.90 Å². The molecule has 0 aromatic heterocycles. The van der Waals surface area contributed by atoms with E-state index in [9.17, 15) is 17.6 Å². The summed E-state index contributed by atoms with van der Waals surface area (Å²) >= 11 is 0. The molecule has 6 nitrogen and oxygen atoms in total. The minimum absolute atomic E-state index is 0. The van der Waals surface area contributed by atoms with Gasteiger partial charge in [-0.2, -0.15) is 4.72 Å². The van der Waals surface area contributed by atoms with Crippen molar-refractivity contribution in [1.82, 2.24) is 9.62 Å². The van der Waals surface area contributed by atoms with Crippen LogP contribution in [0.15, 0.2) is 29.2 Å². The highest BCUT2D eigenvalue weighted by atomic mass is 35.5. The number of nitrogens with two attached hydrogens (primary N) is 1. The van der Waals surface area contributed by atoms with Crippen LogP contribution in [0.25, 0.3) is 0 Å². The quantitative estimate of drug-likeness (QED) is 0.745. The third-order valence-corrected chi connectivity index (χ3v) is 7.34. The Balaban J connectivity index is 0.00000280. The molecule has 1 saturated carbocycles. The Bertz CT molecular complexity index is 799. The molecular formula is C19H29ClFN3O3S. The SMILES string of the molecule is CC1CC(CN)CN1C(=O)C1(NS(=O)(=O)c2cccc(F)c2)CCCCC1.Cl. The second kappa shape index (κ2) is 9.07. The average molecular weight is 434 g/mol. The van der Waals surface area contributed by atoms with Crippen LogP contribution in [0.4, 0.5) is 4.39 Å². The Morgan fingerprint density at radius 3 is 2.57 bits per heavy atom. The van der Waals surface area contributed by atoms with Crippen LogP contribution in [0.2, 0.25) is 0 Å². The number of benzene rings is 1. The monoisotopic (exact) mass is 433 g/mol. The fourth-order valence-electron chi connectivity index (χ4n) is 4.34. The number of rotatable bonds is 5. The topological polar surface area (TPSA) is 92.5 Å². The lowest BCUT2D eigenvalue weighted by Gasteiger charge is -2.40. The van der Waals surface area contributed by atoms with Crippen molar-refractivity contribution in [3.8, 4) is 0 Å². The summed E-state index contributed by atoms with van der Waals surface area (Å²) in [6.45, 7) is 3.04. The summed E-state index contributed by atoms with van der Waals surface area (Å²) in [7, 11) is -4.01. The third-order valence-electron chi connectivity index (χ3n) is 5.81. The van der Waals surface area contributed by atoms with E-state index in [0.717, 1.165) is 31.7 Å². The summed E-state index contributed by atoms with van der Waals surface area (Å²) in [6.07, 6.45) is 4.26. The van der Waals surface area contributed by atoms with Gasteiger partial charge in [0.25, 0.3) is 0 Å². The Hall–Kier alpha value is -1.22. The molecule has 3 rings (SSSR count). The third kappa shape index (κ3) is 4.67. The number of carbonyl (C=O) groups excluding carboxylic acids is 1. The van der Waals surface area contributed by atoms with Crippen molar-refractivity contribution in [1.29, 1.82) is 0 Å². The average Bonchev–Trinajstić information content (AvgIpc) is 3.02. The van der Waals surface area contributed by atoms with E-state index >= 15 is 0 Å². The van der Waals surface area contributed by atoms with Crippen molar-refractivity contribution in [2.45, 2.75) is 61.9 Å². The molecule has 2 aliphatic rings. The molecule has 158 valence electrons. The van der Waals surface area contributed by atoms with E-state index < -0.39 is 21.4 Å². The van der Waals surface area contributed by atoms with Gasteiger partial charge in [0.1, 0.15) is 11.4 Å². The van der Waals surface area contributed by atoms with Crippen molar-refractivity contribution < 1.29 is 17.6 Å². The second-order valence-corrected chi connectivity index (χ2v) is 9.53. The minimum atomic E-state index is -4.01. The van der Waals surface area contributed by atoms with E-state index in [2.05, 4.69) is 4.72 Å². The van der Waals surface area contributed by atoms with Gasteiger partial charge >= 0.3 is 0 Å². The van der Waals surface area contributed by atoms with Gasteiger partial charge in [-0.3, -0.25) is 4.79 Å². The molecule has 0 spiro atoms. The zero-order valence-corrected chi connectivity index (χ0v) is 17.7. The standard InChI is InChI=1S/C19H28FN3O3S.ClH/c1-14-10-15(12-21)13-23(14)18(24)19(8-3-2-4-9-19)22-27(25,26)17-7-5-6-16(20)11-17;/h5-7,11,14-15,22H,2-4,8-10,12-13,21H2,1H3;1H. The van der Waals surface area contributed by atoms with E-state index in [-0.39, 0.29) is 35.2 Å². The number of amides is 1. The first-order valence-electron chi connectivity index (χ1n) is 9.58. The van der Waals surface area contributed by atoms with Gasteiger partial charge in [0.15, 0.2) is 0 Å². The molecule has 1 saturated heterocycles. The smallest absolute Gasteiger partial charge is 0.244 e. The number of likely N-dealkylation sites (tertiary alicyclic amines) is 1. The van der Waals surface area contributed by atoms with Crippen LogP contribution in [-0.4, -0.2) is 43.9 Å². The molecule has 2 atom stereocenters. The van der Waals surface area contributed by atoms with Crippen LogP contribution in [0.1, 0.15) is 45.4 Å². The number of hydrogen-bond donors (Lipinski definition) is 2. The lowest BCUT2D eigenvalue weighted by atomic mass is 9.81. The van der Waals surface area contributed by atoms with Crippen LogP contribution < -0.4 is 10.5 Å². The molecular weight excluding hydrogens is 405 g/mol. The predicted molar refractivity (Wildman–Crippen MR) is 108 cm³/mol. The Labute approximate surface area is 172 Å². The van der Waals surface area contributed by atoms with E-state index in [4.69, 9.17) is 5.73 Å². The maximum absolute atomic E-state index is 13.5. The van der Waals surface area contributed by atoms with Gasteiger partial charge in [0.05, 0.1) is 4.90 Å². The maximum Gasteiger partial charge on any atom is 0.244 e. The first kappa shape index (κ1) is 23.1. The number of nitrogens with one attached hydrogen (secondary N) is 1. The molecule has 1 amide bonds. The summed E-state index contributed by atoms with van der Waals surface area (Å²) in [5.41, 5.74) is 4.61. The number of halogens is 2. The van der Waals surface area contributed by atoms with E-state index in [1.165, 1.54) is 18.2 Å². The summed E-state index contributed by atoms with van der Waals surface area (Å²) in [5.74, 6) is -0.559. The van der Waals surface area contributed by atoms with Crippen molar-refractivity contribution in [3.63, 3.8) is 0 Å². The Morgan fingerprint density at radius 1 is 1.32 bits per heavy atom. The van der Waals surface area contributed by atoms with Crippen LogP contribution in [0.5, 0.6) is 0 Å². The van der Waals surface area contributed by atoms with Gasteiger partial charge in [-0.1, -0.05) is 25.3 Å². The number of sulfonamides is 1. The maximum atomic E-state index is 13.5. The first-order valence-corrected chi connectivity index (χ1v) is 11.1. The highest BCUT2D eigenvalue weighted by Crippen LogP contribution is 2.35. The molecule has 9 heteroatoms. The summed E-state index contributed by atoms with van der Waals surface area (Å²) in [4.78, 5) is 15.1. The van der Waals surface area contributed by atoms with Crippen LogP contribution in [0.3, 0.4) is 0 Å². The molecule has 1 aromatic rings. The molecule has 1 aliphatic heterocycles. The van der Waals surface area contributed by atoms with Crippen LogP contribution in [0, 0.1) is 11.7 Å². The molecule has 1 aromatic carbocycles. The highest BCUT2D eigenvalue weighted by molar-refractivity contribution is 7.89. The summed E-state index contributed by atoms with van der Waals surface area (Å²) in [5, 5.41) is 0. The Morgan fingerprint density at radius 2 is 2.00 bits per heavy atom. The fraction of sp³-hybridized carbons (Fsp3) is 0.632. The lowest BCUT2D eigenvalue weighted by Crippen LogP contribution is -2.61. The molecule has 2 fully saturated rings. The summed E-state index contributed by atoms with van der Waals surface area (Å²) in [6, 6.07) is 4.90. The fourth-order valence-corrected chi connectivity index (χ4v) is 5.79. The molecule has 3 N–H and O–H groups in total. The minimum Gasteiger partial charge on any atom is -0.338 e. The highest BCUT2D eigenvalue weighted by Gasteiger charge is 2.47. The normalized spacial score (nSPS) is 24.6. The van der Waals surface area contributed by atoms with Crippen molar-refractivity contribution in [2.75, 3.05) is 13.1 Å². The van der Waals surface area contributed by atoms with Crippen LogP contribution in [-0.2, 0) is 14.8 Å². The molecule has 2 unspecified atom stereocenters. The van der Waals surface area contributed by atoms with Crippen molar-refractivity contribution >= 4 is 28.3 Å². The zero-order chi connectivity index (χ0) is 19.7. The second-order valence-electron chi connectivity index (χ2n) is 7.85. The van der Waals surface area contributed by atoms with Gasteiger partial charge in [0.2, 0.25) is 15.9 Å². The van der Waals surface area contributed by atoms with Gasteiger partial charge in [-0.15, -0.1) is 12.4 Å². The molecule has 1 heterocycles. The lowest BCUT2D eigenvalue weighted by molar-refractivity contribution is -0.139. The van der Waals surface area contributed by atoms with Crippen molar-refractivity contribution in [3.05, 3.63) is 30.1 Å². The van der Waals surface area contributed by atoms with Crippen molar-refractivity contribution in [2.24, 2.45) is 11.7 Å². The zero-order valence-electron chi connectivity index (χ0n) is 16.1. The van der Waals surface area contributed by atoms with Gasteiger partial charge < -0.3 is 10.6 Å². The van der Waals surface area contributed by atoms with Gasteiger partial charge in [-0.25, -0.2) is 12.8 Å². The molecule has 28 heavy (non-hydrogen) atoms. The van der Waals surface area contributed by atoms with E-state index in [0.29, 0.717) is 25.9 Å². The predicted octanol–water partition coefficient (Wildman–Crippen LogP) is 2.42. The summed E-state index contributed by atoms with van der Waals surface area (Å²) < 4.78 is 42.0. The number of hydrogen-bond acceptors (Lipinski definition) is 4. The number of nitrogens with zero attached hydrogens (tertiary/aromatic N) is 1. The van der Waals surface area contributed by atoms with Gasteiger partial charge in [-0.05, 0) is 56.8 Å². The largest absolute Gasteiger partial charge is 0.338 e.